The number of anilines is 6. The standard InChI is InChI=1S/C52H68N8O5/c1-51(2,3)64-50(63)58-28-10-14-46(58)48(61)55-42-22-16-36(32-40(42)53)44-24-25-45(37-17-23-43(41(54)33-37)56-49(62)47-15-11-29-59(47)65-52(4,5)6)60(44)39-20-18-38(19-21-39)57-30-26-35(27-31-57)34-12-8-7-9-13-34/h7-9,12-13,16-23,32-33,35,44-47H,10-11,14-15,24-31,53-54H2,1-6H3,(H,55,61)(H,56,62)/t44-,45-,46+,47+/m1/s1. The first kappa shape index (κ1) is 45.8. The zero-order valence-electron chi connectivity index (χ0n) is 39.0. The lowest BCUT2D eigenvalue weighted by Crippen LogP contribution is -2.45. The number of rotatable bonds is 10. The quantitative estimate of drug-likeness (QED) is 0.113. The van der Waals surface area contributed by atoms with E-state index in [9.17, 15) is 14.4 Å². The smallest absolute Gasteiger partial charge is 0.410 e. The van der Waals surface area contributed by atoms with Crippen molar-refractivity contribution in [1.29, 1.82) is 0 Å². The van der Waals surface area contributed by atoms with Gasteiger partial charge >= 0.3 is 6.09 Å². The summed E-state index contributed by atoms with van der Waals surface area (Å²) in [6, 6.07) is 30.6. The summed E-state index contributed by atoms with van der Waals surface area (Å²) in [7, 11) is 0. The summed E-state index contributed by atoms with van der Waals surface area (Å²) >= 11 is 0. The van der Waals surface area contributed by atoms with Crippen LogP contribution >= 0.6 is 0 Å². The summed E-state index contributed by atoms with van der Waals surface area (Å²) in [5.41, 5.74) is 20.3. The third kappa shape index (κ3) is 10.7. The summed E-state index contributed by atoms with van der Waals surface area (Å²) in [4.78, 5) is 52.7. The van der Waals surface area contributed by atoms with Crippen molar-refractivity contribution in [2.45, 2.75) is 134 Å². The van der Waals surface area contributed by atoms with Crippen molar-refractivity contribution < 1.29 is 24.0 Å². The van der Waals surface area contributed by atoms with Gasteiger partial charge in [-0.2, -0.15) is 5.06 Å². The molecule has 4 saturated heterocycles. The first-order valence-electron chi connectivity index (χ1n) is 23.6. The zero-order valence-corrected chi connectivity index (χ0v) is 39.0. The van der Waals surface area contributed by atoms with E-state index in [1.54, 1.807) is 5.06 Å². The third-order valence-corrected chi connectivity index (χ3v) is 13.2. The van der Waals surface area contributed by atoms with Crippen LogP contribution in [0.1, 0.15) is 128 Å². The average molecular weight is 885 g/mol. The maximum atomic E-state index is 13.6. The van der Waals surface area contributed by atoms with E-state index in [-0.39, 0.29) is 29.9 Å². The van der Waals surface area contributed by atoms with E-state index in [4.69, 9.17) is 21.0 Å². The van der Waals surface area contributed by atoms with Gasteiger partial charge in [-0.1, -0.05) is 42.5 Å². The van der Waals surface area contributed by atoms with E-state index in [0.717, 1.165) is 62.0 Å². The van der Waals surface area contributed by atoms with Crippen LogP contribution in [0.5, 0.6) is 0 Å². The molecule has 4 aromatic rings. The van der Waals surface area contributed by atoms with Gasteiger partial charge in [0.2, 0.25) is 11.8 Å². The highest BCUT2D eigenvalue weighted by molar-refractivity contribution is 5.99. The maximum absolute atomic E-state index is 13.6. The first-order chi connectivity index (χ1) is 31.0. The van der Waals surface area contributed by atoms with Crippen molar-refractivity contribution >= 4 is 52.0 Å². The average Bonchev–Trinajstić information content (AvgIpc) is 4.05. The Morgan fingerprint density at radius 1 is 0.585 bits per heavy atom. The van der Waals surface area contributed by atoms with Crippen LogP contribution in [0.3, 0.4) is 0 Å². The minimum absolute atomic E-state index is 0.0214. The van der Waals surface area contributed by atoms with Gasteiger partial charge in [0.15, 0.2) is 0 Å². The number of likely N-dealkylation sites (tertiary alicyclic amines) is 1. The molecule has 0 unspecified atom stereocenters. The zero-order chi connectivity index (χ0) is 46.0. The van der Waals surface area contributed by atoms with Crippen LogP contribution in [-0.4, -0.2) is 77.3 Å². The number of nitrogens with two attached hydrogens (primary N) is 2. The Labute approximate surface area is 384 Å². The molecule has 0 spiro atoms. The molecule has 3 amide bonds. The van der Waals surface area contributed by atoms with Crippen LogP contribution in [-0.2, 0) is 19.2 Å². The van der Waals surface area contributed by atoms with Gasteiger partial charge in [0, 0.05) is 37.6 Å². The van der Waals surface area contributed by atoms with Crippen molar-refractivity contribution in [3.63, 3.8) is 0 Å². The normalized spacial score (nSPS) is 22.0. The lowest BCUT2D eigenvalue weighted by molar-refractivity contribution is -0.232. The Bertz CT molecular complexity index is 2320. The van der Waals surface area contributed by atoms with Crippen molar-refractivity contribution in [2.75, 3.05) is 58.1 Å². The Hall–Kier alpha value is -5.79. The molecule has 0 aromatic heterocycles. The molecule has 0 saturated carbocycles. The van der Waals surface area contributed by atoms with E-state index in [1.807, 2.05) is 71.9 Å². The molecule has 65 heavy (non-hydrogen) atoms. The largest absolute Gasteiger partial charge is 0.444 e. The highest BCUT2D eigenvalue weighted by atomic mass is 16.7. The molecule has 4 aromatic carbocycles. The number of benzene rings is 4. The monoisotopic (exact) mass is 885 g/mol. The minimum atomic E-state index is -0.663. The topological polar surface area (TPSA) is 159 Å². The number of ether oxygens (including phenoxy) is 1. The number of hydrogen-bond donors (Lipinski definition) is 4. The van der Waals surface area contributed by atoms with Gasteiger partial charge in [0.05, 0.1) is 40.4 Å². The van der Waals surface area contributed by atoms with E-state index < -0.39 is 23.3 Å². The van der Waals surface area contributed by atoms with E-state index in [0.29, 0.717) is 61.0 Å². The van der Waals surface area contributed by atoms with Gasteiger partial charge < -0.3 is 36.6 Å². The van der Waals surface area contributed by atoms with Gasteiger partial charge in [-0.25, -0.2) is 4.79 Å². The van der Waals surface area contributed by atoms with Crippen molar-refractivity contribution in [2.24, 2.45) is 0 Å². The van der Waals surface area contributed by atoms with Crippen LogP contribution in [0.4, 0.5) is 38.9 Å². The number of hydroxylamine groups is 2. The highest BCUT2D eigenvalue weighted by Gasteiger charge is 2.39. The number of amides is 3. The van der Waals surface area contributed by atoms with Gasteiger partial charge in [-0.15, -0.1) is 0 Å². The second-order valence-corrected chi connectivity index (χ2v) is 20.2. The Morgan fingerprint density at radius 2 is 1.12 bits per heavy atom. The number of carbonyl (C=O) groups is 3. The Morgan fingerprint density at radius 3 is 1.68 bits per heavy atom. The fourth-order valence-corrected chi connectivity index (χ4v) is 10.1. The molecule has 4 aliphatic rings. The Kier molecular flexibility index (Phi) is 13.4. The maximum Gasteiger partial charge on any atom is 0.410 e. The SMILES string of the molecule is CC(C)(C)OC(=O)N1CCC[C@H]1C(=O)Nc1ccc([C@H]2CC[C@H](c3ccc(NC(=O)[C@@H]4CCCN4OC(C)(C)C)c(N)c3)N2c2ccc(N3CCC(c4ccccc4)CC3)cc2)cc1N. The van der Waals surface area contributed by atoms with Crippen molar-refractivity contribution in [3.8, 4) is 0 Å². The van der Waals surface area contributed by atoms with Gasteiger partial charge in [0.25, 0.3) is 0 Å². The minimum Gasteiger partial charge on any atom is -0.444 e. The number of piperidine rings is 1. The van der Waals surface area contributed by atoms with Crippen LogP contribution in [0.25, 0.3) is 0 Å². The van der Waals surface area contributed by atoms with Crippen LogP contribution in [0, 0.1) is 0 Å². The second kappa shape index (κ2) is 19.0. The lowest BCUT2D eigenvalue weighted by atomic mass is 9.89. The van der Waals surface area contributed by atoms with Gasteiger partial charge in [0.1, 0.15) is 17.7 Å². The number of nitrogen functional groups attached to an aromatic ring is 2. The fourth-order valence-electron chi connectivity index (χ4n) is 10.1. The number of carbonyl (C=O) groups excluding carboxylic acids is 3. The molecular weight excluding hydrogens is 817 g/mol. The van der Waals surface area contributed by atoms with Crippen molar-refractivity contribution in [1.82, 2.24) is 9.96 Å². The summed E-state index contributed by atoms with van der Waals surface area (Å²) in [5, 5.41) is 7.92. The lowest BCUT2D eigenvalue weighted by Gasteiger charge is -2.36. The van der Waals surface area contributed by atoms with Crippen molar-refractivity contribution in [3.05, 3.63) is 108 Å². The molecule has 0 aliphatic carbocycles. The molecule has 4 fully saturated rings. The number of nitrogens with one attached hydrogen (secondary N) is 2. The molecule has 4 atom stereocenters. The van der Waals surface area contributed by atoms with Crippen LogP contribution in [0.15, 0.2) is 91.0 Å². The predicted octanol–water partition coefficient (Wildman–Crippen LogP) is 9.79. The van der Waals surface area contributed by atoms with Crippen LogP contribution < -0.4 is 31.9 Å². The summed E-state index contributed by atoms with van der Waals surface area (Å²) in [6.07, 6.45) is 6.31. The summed E-state index contributed by atoms with van der Waals surface area (Å²) in [6.45, 7) is 14.6. The fraction of sp³-hybridized carbons (Fsp3) is 0.481. The Balaban J connectivity index is 1.02. The number of nitrogens with zero attached hydrogens (tertiary/aromatic N) is 4. The highest BCUT2D eigenvalue weighted by Crippen LogP contribution is 2.48. The summed E-state index contributed by atoms with van der Waals surface area (Å²) in [5.74, 6) is 0.168. The van der Waals surface area contributed by atoms with E-state index in [2.05, 4.69) is 81.1 Å². The van der Waals surface area contributed by atoms with Gasteiger partial charge in [-0.3, -0.25) is 19.3 Å². The number of hydrogen-bond acceptors (Lipinski definition) is 10. The second-order valence-electron chi connectivity index (χ2n) is 20.2. The molecule has 8 rings (SSSR count). The molecule has 13 nitrogen and oxygen atoms in total. The molecule has 0 radical (unpaired) electrons. The molecule has 6 N–H and O–H groups in total. The van der Waals surface area contributed by atoms with E-state index >= 15 is 0 Å². The molecule has 346 valence electrons. The summed E-state index contributed by atoms with van der Waals surface area (Å²) < 4.78 is 5.60. The molecule has 4 heterocycles. The predicted molar refractivity (Wildman–Crippen MR) is 260 cm³/mol. The van der Waals surface area contributed by atoms with E-state index in [1.165, 1.54) is 16.2 Å². The van der Waals surface area contributed by atoms with Crippen LogP contribution in [0.2, 0.25) is 0 Å². The molecule has 4 aliphatic heterocycles. The third-order valence-electron chi connectivity index (χ3n) is 13.2. The molecular formula is C52H68N8O5. The molecule has 13 heteroatoms. The van der Waals surface area contributed by atoms with Gasteiger partial charge in [-0.05, 0) is 164 Å². The molecule has 0 bridgehead atoms. The first-order valence-corrected chi connectivity index (χ1v) is 23.6.